The predicted octanol–water partition coefficient (Wildman–Crippen LogP) is 3.41. The molecule has 1 aromatic carbocycles. The van der Waals surface area contributed by atoms with Gasteiger partial charge in [-0.2, -0.15) is 0 Å². The minimum absolute atomic E-state index is 0.203. The van der Waals surface area contributed by atoms with Gasteiger partial charge in [0.15, 0.2) is 0 Å². The molecule has 1 aromatic rings. The van der Waals surface area contributed by atoms with Gasteiger partial charge < -0.3 is 10.2 Å². The normalized spacial score (nSPS) is 13.0. The van der Waals surface area contributed by atoms with Crippen molar-refractivity contribution in [3.05, 3.63) is 34.1 Å². The Labute approximate surface area is 118 Å². The highest BCUT2D eigenvalue weighted by molar-refractivity contribution is 9.10. The molecule has 0 aliphatic carbocycles. The molecule has 0 bridgehead atoms. The highest BCUT2D eigenvalue weighted by Crippen LogP contribution is 2.19. The maximum Gasteiger partial charge on any atom is 0.137 e. The lowest BCUT2D eigenvalue weighted by Crippen LogP contribution is -2.34. The standard InChI is InChI=1S/C14H22BrFN2/c1-4-11(2)18(3)9-8-17-10-12-6-5-7-13(16)14(12)15/h5-7,11,17H,4,8-10H2,1-3H3. The molecule has 2 nitrogen and oxygen atoms in total. The van der Waals surface area contributed by atoms with Crippen molar-refractivity contribution in [3.8, 4) is 0 Å². The Morgan fingerprint density at radius 3 is 2.83 bits per heavy atom. The van der Waals surface area contributed by atoms with Crippen LogP contribution >= 0.6 is 15.9 Å². The number of hydrogen-bond donors (Lipinski definition) is 1. The van der Waals surface area contributed by atoms with Crippen LogP contribution in [0.25, 0.3) is 0 Å². The molecular weight excluding hydrogens is 295 g/mol. The topological polar surface area (TPSA) is 15.3 Å². The third kappa shape index (κ3) is 4.67. The van der Waals surface area contributed by atoms with Crippen LogP contribution in [0.1, 0.15) is 25.8 Å². The Hall–Kier alpha value is -0.450. The minimum Gasteiger partial charge on any atom is -0.311 e. The lowest BCUT2D eigenvalue weighted by Gasteiger charge is -2.23. The van der Waals surface area contributed by atoms with E-state index in [4.69, 9.17) is 0 Å². The van der Waals surface area contributed by atoms with E-state index in [0.717, 1.165) is 25.1 Å². The molecule has 1 unspecified atom stereocenters. The molecule has 0 aliphatic rings. The molecule has 4 heteroatoms. The van der Waals surface area contributed by atoms with Crippen molar-refractivity contribution in [3.63, 3.8) is 0 Å². The number of nitrogens with one attached hydrogen (secondary N) is 1. The van der Waals surface area contributed by atoms with Crippen LogP contribution < -0.4 is 5.32 Å². The van der Waals surface area contributed by atoms with Gasteiger partial charge in [0.25, 0.3) is 0 Å². The summed E-state index contributed by atoms with van der Waals surface area (Å²) in [6, 6.07) is 5.73. The lowest BCUT2D eigenvalue weighted by molar-refractivity contribution is 0.251. The van der Waals surface area contributed by atoms with E-state index in [0.29, 0.717) is 17.1 Å². The third-order valence-corrected chi connectivity index (χ3v) is 4.22. The summed E-state index contributed by atoms with van der Waals surface area (Å²) in [5, 5.41) is 3.34. The van der Waals surface area contributed by atoms with Gasteiger partial charge in [0.2, 0.25) is 0 Å². The number of halogens is 2. The second-order valence-electron chi connectivity index (χ2n) is 4.63. The van der Waals surface area contributed by atoms with Crippen molar-refractivity contribution < 1.29 is 4.39 Å². The van der Waals surface area contributed by atoms with E-state index >= 15 is 0 Å². The zero-order valence-electron chi connectivity index (χ0n) is 11.3. The second-order valence-corrected chi connectivity index (χ2v) is 5.42. The molecular formula is C14H22BrFN2. The maximum absolute atomic E-state index is 13.3. The van der Waals surface area contributed by atoms with E-state index in [1.165, 1.54) is 6.07 Å². The van der Waals surface area contributed by atoms with Crippen molar-refractivity contribution in [2.75, 3.05) is 20.1 Å². The van der Waals surface area contributed by atoms with Gasteiger partial charge in [0.1, 0.15) is 5.82 Å². The van der Waals surface area contributed by atoms with Crippen LogP contribution in [0.5, 0.6) is 0 Å². The van der Waals surface area contributed by atoms with Crippen molar-refractivity contribution in [1.82, 2.24) is 10.2 Å². The molecule has 18 heavy (non-hydrogen) atoms. The Bertz CT molecular complexity index is 371. The highest BCUT2D eigenvalue weighted by Gasteiger charge is 2.07. The van der Waals surface area contributed by atoms with Crippen molar-refractivity contribution in [2.45, 2.75) is 32.9 Å². The molecule has 0 fully saturated rings. The molecule has 1 atom stereocenters. The average molecular weight is 317 g/mol. The fraction of sp³-hybridized carbons (Fsp3) is 0.571. The molecule has 0 saturated heterocycles. The first kappa shape index (κ1) is 15.6. The summed E-state index contributed by atoms with van der Waals surface area (Å²) in [5.41, 5.74) is 0.959. The molecule has 0 saturated carbocycles. The van der Waals surface area contributed by atoms with Gasteiger partial charge in [-0.25, -0.2) is 4.39 Å². The first-order valence-electron chi connectivity index (χ1n) is 6.40. The zero-order valence-corrected chi connectivity index (χ0v) is 12.9. The predicted molar refractivity (Wildman–Crippen MR) is 78.2 cm³/mol. The van der Waals surface area contributed by atoms with Crippen LogP contribution in [-0.4, -0.2) is 31.1 Å². The van der Waals surface area contributed by atoms with E-state index in [1.807, 2.05) is 6.07 Å². The summed E-state index contributed by atoms with van der Waals surface area (Å²) < 4.78 is 13.8. The van der Waals surface area contributed by atoms with Crippen molar-refractivity contribution >= 4 is 15.9 Å². The molecule has 0 spiro atoms. The minimum atomic E-state index is -0.203. The fourth-order valence-electron chi connectivity index (χ4n) is 1.70. The van der Waals surface area contributed by atoms with Crippen LogP contribution in [-0.2, 0) is 6.54 Å². The molecule has 0 radical (unpaired) electrons. The van der Waals surface area contributed by atoms with Crippen molar-refractivity contribution in [2.24, 2.45) is 0 Å². The van der Waals surface area contributed by atoms with Gasteiger partial charge in [0, 0.05) is 25.7 Å². The number of rotatable bonds is 7. The molecule has 0 aromatic heterocycles. The smallest absolute Gasteiger partial charge is 0.137 e. The Morgan fingerprint density at radius 1 is 1.44 bits per heavy atom. The summed E-state index contributed by atoms with van der Waals surface area (Å²) in [6.07, 6.45) is 1.16. The number of benzene rings is 1. The SMILES string of the molecule is CCC(C)N(C)CCNCc1cccc(F)c1Br. The van der Waals surface area contributed by atoms with E-state index in [1.54, 1.807) is 6.07 Å². The van der Waals surface area contributed by atoms with Gasteiger partial charge in [-0.05, 0) is 48.0 Å². The molecule has 0 amide bonds. The van der Waals surface area contributed by atoms with Crippen LogP contribution in [0.4, 0.5) is 4.39 Å². The fourth-order valence-corrected chi connectivity index (χ4v) is 2.10. The Balaban J connectivity index is 2.32. The first-order chi connectivity index (χ1) is 8.56. The number of likely N-dealkylation sites (N-methyl/N-ethyl adjacent to an activating group) is 1. The summed E-state index contributed by atoms with van der Waals surface area (Å²) in [5.74, 6) is -0.203. The quantitative estimate of drug-likeness (QED) is 0.775. The van der Waals surface area contributed by atoms with Crippen molar-refractivity contribution in [1.29, 1.82) is 0 Å². The van der Waals surface area contributed by atoms with Crippen LogP contribution in [0.15, 0.2) is 22.7 Å². The van der Waals surface area contributed by atoms with Gasteiger partial charge >= 0.3 is 0 Å². The average Bonchev–Trinajstić information content (AvgIpc) is 2.38. The molecule has 1 rings (SSSR count). The number of nitrogens with zero attached hydrogens (tertiary/aromatic N) is 1. The van der Waals surface area contributed by atoms with E-state index in [2.05, 4.69) is 47.0 Å². The Morgan fingerprint density at radius 2 is 2.17 bits per heavy atom. The zero-order chi connectivity index (χ0) is 13.5. The van der Waals surface area contributed by atoms with Gasteiger partial charge in [0.05, 0.1) is 4.47 Å². The first-order valence-corrected chi connectivity index (χ1v) is 7.19. The summed E-state index contributed by atoms with van der Waals surface area (Å²) >= 11 is 3.27. The van der Waals surface area contributed by atoms with Crippen LogP contribution in [0, 0.1) is 5.82 Å². The largest absolute Gasteiger partial charge is 0.311 e. The summed E-state index contributed by atoms with van der Waals surface area (Å²) in [6.45, 7) is 7.01. The van der Waals surface area contributed by atoms with Gasteiger partial charge in [-0.3, -0.25) is 0 Å². The summed E-state index contributed by atoms with van der Waals surface area (Å²) in [7, 11) is 2.13. The van der Waals surface area contributed by atoms with Gasteiger partial charge in [-0.1, -0.05) is 19.1 Å². The van der Waals surface area contributed by atoms with E-state index in [-0.39, 0.29) is 5.82 Å². The molecule has 1 N–H and O–H groups in total. The monoisotopic (exact) mass is 316 g/mol. The maximum atomic E-state index is 13.3. The van der Waals surface area contributed by atoms with E-state index in [9.17, 15) is 4.39 Å². The lowest BCUT2D eigenvalue weighted by atomic mass is 10.2. The van der Waals surface area contributed by atoms with Crippen LogP contribution in [0.2, 0.25) is 0 Å². The van der Waals surface area contributed by atoms with E-state index < -0.39 is 0 Å². The molecule has 0 heterocycles. The summed E-state index contributed by atoms with van der Waals surface area (Å²) in [4.78, 5) is 2.33. The van der Waals surface area contributed by atoms with Crippen LogP contribution in [0.3, 0.4) is 0 Å². The van der Waals surface area contributed by atoms with Gasteiger partial charge in [-0.15, -0.1) is 0 Å². The second kappa shape index (κ2) is 7.87. The Kier molecular flexibility index (Phi) is 6.82. The molecule has 0 aliphatic heterocycles. The molecule has 102 valence electrons. The highest BCUT2D eigenvalue weighted by atomic mass is 79.9. The third-order valence-electron chi connectivity index (χ3n) is 3.33. The number of hydrogen-bond acceptors (Lipinski definition) is 2.